The number of thioether (sulfide) groups is 1. The van der Waals surface area contributed by atoms with Gasteiger partial charge in [-0.2, -0.15) is 0 Å². The molecule has 2 N–H and O–H groups in total. The summed E-state index contributed by atoms with van der Waals surface area (Å²) < 4.78 is 5.08. The highest BCUT2D eigenvalue weighted by Gasteiger charge is 2.08. The molecule has 0 atom stereocenters. The van der Waals surface area contributed by atoms with Gasteiger partial charge in [-0.25, -0.2) is 4.98 Å². The minimum Gasteiger partial charge on any atom is -0.497 e. The number of carbonyl (C=O) groups excluding carboxylic acids is 2. The Balaban J connectivity index is 1.43. The van der Waals surface area contributed by atoms with Gasteiger partial charge in [0.2, 0.25) is 11.8 Å². The number of benzene rings is 2. The maximum atomic E-state index is 11.9. The lowest BCUT2D eigenvalue weighted by Crippen LogP contribution is -2.43. The monoisotopic (exact) mass is 381 g/mol. The second-order valence-electron chi connectivity index (χ2n) is 5.75. The van der Waals surface area contributed by atoms with E-state index in [1.165, 1.54) is 11.8 Å². The van der Waals surface area contributed by atoms with Crippen molar-refractivity contribution in [3.05, 3.63) is 66.2 Å². The van der Waals surface area contributed by atoms with Crippen molar-refractivity contribution in [3.8, 4) is 5.75 Å². The van der Waals surface area contributed by atoms with E-state index in [0.29, 0.717) is 0 Å². The zero-order valence-corrected chi connectivity index (χ0v) is 15.6. The van der Waals surface area contributed by atoms with Crippen LogP contribution < -0.4 is 15.6 Å². The summed E-state index contributed by atoms with van der Waals surface area (Å²) in [5.74, 6) is 0.306. The number of pyridine rings is 1. The van der Waals surface area contributed by atoms with E-state index in [1.807, 2.05) is 48.5 Å². The van der Waals surface area contributed by atoms with Crippen molar-refractivity contribution in [1.82, 2.24) is 15.8 Å². The summed E-state index contributed by atoms with van der Waals surface area (Å²) in [5.41, 5.74) is 6.56. The number of nitrogens with one attached hydrogen (secondary N) is 2. The summed E-state index contributed by atoms with van der Waals surface area (Å²) >= 11 is 1.31. The van der Waals surface area contributed by atoms with Crippen molar-refractivity contribution in [3.63, 3.8) is 0 Å². The van der Waals surface area contributed by atoms with Crippen molar-refractivity contribution in [2.24, 2.45) is 0 Å². The number of aromatic nitrogens is 1. The van der Waals surface area contributed by atoms with Gasteiger partial charge < -0.3 is 4.74 Å². The Morgan fingerprint density at radius 3 is 2.48 bits per heavy atom. The fourth-order valence-electron chi connectivity index (χ4n) is 2.42. The normalized spacial score (nSPS) is 10.4. The number of amides is 2. The molecule has 0 aliphatic heterocycles. The Morgan fingerprint density at radius 2 is 1.70 bits per heavy atom. The number of fused-ring (bicyclic) bond motifs is 1. The zero-order chi connectivity index (χ0) is 19.1. The standard InChI is InChI=1S/C20H19N3O3S/c1-26-16-9-6-14(7-10-16)12-18(24)22-23-19(25)13-27-20-11-8-15-4-2-3-5-17(15)21-20/h2-11H,12-13H2,1H3,(H,22,24)(H,23,25). The maximum absolute atomic E-state index is 11.9. The van der Waals surface area contributed by atoms with Crippen LogP contribution in [0, 0.1) is 0 Å². The topological polar surface area (TPSA) is 80.3 Å². The van der Waals surface area contributed by atoms with E-state index < -0.39 is 0 Å². The fraction of sp³-hybridized carbons (Fsp3) is 0.150. The van der Waals surface area contributed by atoms with E-state index in [1.54, 1.807) is 19.2 Å². The van der Waals surface area contributed by atoms with Crippen molar-refractivity contribution < 1.29 is 14.3 Å². The number of para-hydroxylation sites is 1. The third kappa shape index (κ3) is 5.46. The molecule has 3 rings (SSSR count). The molecule has 7 heteroatoms. The van der Waals surface area contributed by atoms with Crippen LogP contribution in [0.5, 0.6) is 5.75 Å². The minimum atomic E-state index is -0.293. The molecule has 0 radical (unpaired) electrons. The Bertz CT molecular complexity index is 945. The summed E-state index contributed by atoms with van der Waals surface area (Å²) in [6.45, 7) is 0. The molecule has 0 saturated heterocycles. The first kappa shape index (κ1) is 18.7. The van der Waals surface area contributed by atoms with Crippen LogP contribution >= 0.6 is 11.8 Å². The van der Waals surface area contributed by atoms with Crippen molar-refractivity contribution in [2.75, 3.05) is 12.9 Å². The molecule has 0 aliphatic rings. The van der Waals surface area contributed by atoms with E-state index in [-0.39, 0.29) is 24.0 Å². The number of nitrogens with zero attached hydrogens (tertiary/aromatic N) is 1. The van der Waals surface area contributed by atoms with Crippen molar-refractivity contribution in [1.29, 1.82) is 0 Å². The van der Waals surface area contributed by atoms with Crippen LogP contribution in [0.4, 0.5) is 0 Å². The van der Waals surface area contributed by atoms with Gasteiger partial charge in [0.05, 0.1) is 29.8 Å². The summed E-state index contributed by atoms with van der Waals surface area (Å²) in [4.78, 5) is 28.3. The molecule has 0 bridgehead atoms. The summed E-state index contributed by atoms with van der Waals surface area (Å²) in [7, 11) is 1.59. The molecule has 6 nitrogen and oxygen atoms in total. The minimum absolute atomic E-state index is 0.161. The molecule has 1 heterocycles. The Labute approximate surface area is 161 Å². The van der Waals surface area contributed by atoms with Gasteiger partial charge in [-0.15, -0.1) is 0 Å². The average Bonchev–Trinajstić information content (AvgIpc) is 2.71. The van der Waals surface area contributed by atoms with Crippen molar-refractivity contribution in [2.45, 2.75) is 11.4 Å². The molecule has 27 heavy (non-hydrogen) atoms. The number of methoxy groups -OCH3 is 1. The zero-order valence-electron chi connectivity index (χ0n) is 14.8. The van der Waals surface area contributed by atoms with Gasteiger partial charge in [-0.3, -0.25) is 20.4 Å². The molecule has 0 aliphatic carbocycles. The number of hydrogen-bond donors (Lipinski definition) is 2. The number of carbonyl (C=O) groups is 2. The van der Waals surface area contributed by atoms with Crippen LogP contribution in [0.1, 0.15) is 5.56 Å². The van der Waals surface area contributed by atoms with Gasteiger partial charge >= 0.3 is 0 Å². The lowest BCUT2D eigenvalue weighted by atomic mass is 10.1. The smallest absolute Gasteiger partial charge is 0.248 e. The van der Waals surface area contributed by atoms with E-state index in [0.717, 1.165) is 27.2 Å². The van der Waals surface area contributed by atoms with Crippen LogP contribution in [0.2, 0.25) is 0 Å². The lowest BCUT2D eigenvalue weighted by Gasteiger charge is -2.08. The highest BCUT2D eigenvalue weighted by Crippen LogP contribution is 2.19. The second kappa shape index (κ2) is 9.05. The predicted octanol–water partition coefficient (Wildman–Crippen LogP) is 2.73. The highest BCUT2D eigenvalue weighted by molar-refractivity contribution is 7.99. The first-order valence-corrected chi connectivity index (χ1v) is 9.32. The molecule has 1 aromatic heterocycles. The largest absolute Gasteiger partial charge is 0.497 e. The van der Waals surface area contributed by atoms with Gasteiger partial charge in [-0.1, -0.05) is 48.2 Å². The van der Waals surface area contributed by atoms with Crippen LogP contribution in [-0.2, 0) is 16.0 Å². The van der Waals surface area contributed by atoms with Gasteiger partial charge in [0.1, 0.15) is 5.75 Å². The van der Waals surface area contributed by atoms with Gasteiger partial charge in [-0.05, 0) is 29.8 Å². The van der Waals surface area contributed by atoms with Gasteiger partial charge in [0.15, 0.2) is 0 Å². The van der Waals surface area contributed by atoms with Crippen LogP contribution in [-0.4, -0.2) is 29.7 Å². The third-order valence-corrected chi connectivity index (χ3v) is 4.72. The van der Waals surface area contributed by atoms with E-state index in [2.05, 4.69) is 15.8 Å². The maximum Gasteiger partial charge on any atom is 0.248 e. The lowest BCUT2D eigenvalue weighted by molar-refractivity contribution is -0.127. The molecule has 3 aromatic rings. The van der Waals surface area contributed by atoms with Gasteiger partial charge in [0.25, 0.3) is 0 Å². The second-order valence-corrected chi connectivity index (χ2v) is 6.75. The van der Waals surface area contributed by atoms with E-state index in [9.17, 15) is 9.59 Å². The van der Waals surface area contributed by atoms with Crippen LogP contribution in [0.15, 0.2) is 65.7 Å². The Kier molecular flexibility index (Phi) is 6.27. The molecule has 0 fully saturated rings. The molecule has 0 unspecified atom stereocenters. The van der Waals surface area contributed by atoms with Gasteiger partial charge in [0, 0.05) is 5.39 Å². The quantitative estimate of drug-likeness (QED) is 0.507. The third-order valence-electron chi connectivity index (χ3n) is 3.79. The molecular weight excluding hydrogens is 362 g/mol. The summed E-state index contributed by atoms with van der Waals surface area (Å²) in [6.07, 6.45) is 0.170. The number of hydrazine groups is 1. The molecule has 0 spiro atoms. The Morgan fingerprint density at radius 1 is 0.963 bits per heavy atom. The molecule has 2 amide bonds. The van der Waals surface area contributed by atoms with E-state index >= 15 is 0 Å². The van der Waals surface area contributed by atoms with E-state index in [4.69, 9.17) is 4.74 Å². The highest BCUT2D eigenvalue weighted by atomic mass is 32.2. The number of rotatable bonds is 6. The number of ether oxygens (including phenoxy) is 1. The SMILES string of the molecule is COc1ccc(CC(=O)NNC(=O)CSc2ccc3ccccc3n2)cc1. The average molecular weight is 381 g/mol. The molecule has 0 saturated carbocycles. The van der Waals surface area contributed by atoms with Crippen LogP contribution in [0.3, 0.4) is 0 Å². The van der Waals surface area contributed by atoms with Crippen molar-refractivity contribution >= 4 is 34.5 Å². The predicted molar refractivity (Wildman–Crippen MR) is 105 cm³/mol. The molecule has 2 aromatic carbocycles. The first-order chi connectivity index (χ1) is 13.1. The number of hydrogen-bond acceptors (Lipinski definition) is 5. The summed E-state index contributed by atoms with van der Waals surface area (Å²) in [5, 5.41) is 1.81. The first-order valence-electron chi connectivity index (χ1n) is 8.33. The van der Waals surface area contributed by atoms with Crippen LogP contribution in [0.25, 0.3) is 10.9 Å². The molecular formula is C20H19N3O3S. The fourth-order valence-corrected chi connectivity index (χ4v) is 3.09. The molecule has 138 valence electrons. The Hall–Kier alpha value is -3.06. The summed E-state index contributed by atoms with van der Waals surface area (Å²) in [6, 6.07) is 18.8.